The highest BCUT2D eigenvalue weighted by atomic mass is 35.5. The molecular formula is C16H17ClN2O2S. The summed E-state index contributed by atoms with van der Waals surface area (Å²) in [6, 6.07) is 7.21. The quantitative estimate of drug-likeness (QED) is 0.787. The van der Waals surface area contributed by atoms with Gasteiger partial charge in [0.15, 0.2) is 0 Å². The van der Waals surface area contributed by atoms with E-state index < -0.39 is 0 Å². The second-order valence-corrected chi connectivity index (χ2v) is 6.91. The first-order chi connectivity index (χ1) is 10.6. The highest BCUT2D eigenvalue weighted by Crippen LogP contribution is 2.32. The molecule has 2 heterocycles. The molecule has 3 rings (SSSR count). The molecule has 0 bridgehead atoms. The van der Waals surface area contributed by atoms with Gasteiger partial charge in [0.05, 0.1) is 11.6 Å². The van der Waals surface area contributed by atoms with Crippen molar-refractivity contribution < 1.29 is 9.59 Å². The number of carbonyl (C=O) groups excluding carboxylic acids is 2. The van der Waals surface area contributed by atoms with Crippen LogP contribution in [0.15, 0.2) is 29.2 Å². The Kier molecular flexibility index (Phi) is 4.86. The number of amides is 2. The van der Waals surface area contributed by atoms with Gasteiger partial charge in [-0.25, -0.2) is 0 Å². The number of thioether (sulfide) groups is 1. The summed E-state index contributed by atoms with van der Waals surface area (Å²) in [6.07, 6.45) is 5.25. The molecule has 0 unspecified atom stereocenters. The van der Waals surface area contributed by atoms with Crippen molar-refractivity contribution in [3.63, 3.8) is 0 Å². The van der Waals surface area contributed by atoms with E-state index in [4.69, 9.17) is 11.6 Å². The van der Waals surface area contributed by atoms with Gasteiger partial charge in [-0.15, -0.1) is 0 Å². The van der Waals surface area contributed by atoms with Gasteiger partial charge in [-0.05, 0) is 61.5 Å². The van der Waals surface area contributed by atoms with Crippen molar-refractivity contribution in [2.45, 2.75) is 19.3 Å². The number of likely N-dealkylation sites (tertiary alicyclic amines) is 1. The molecule has 116 valence electrons. The zero-order chi connectivity index (χ0) is 15.5. The number of hydrogen-bond donors (Lipinski definition) is 0. The van der Waals surface area contributed by atoms with Crippen LogP contribution in [0.5, 0.6) is 0 Å². The van der Waals surface area contributed by atoms with Gasteiger partial charge in [-0.3, -0.25) is 19.4 Å². The molecule has 1 aromatic rings. The molecule has 2 amide bonds. The molecule has 0 atom stereocenters. The van der Waals surface area contributed by atoms with Crippen LogP contribution in [-0.4, -0.2) is 40.7 Å². The van der Waals surface area contributed by atoms with E-state index in [-0.39, 0.29) is 11.1 Å². The first-order valence-corrected chi connectivity index (χ1v) is 8.56. The number of hydrogen-bond acceptors (Lipinski definition) is 4. The van der Waals surface area contributed by atoms with E-state index in [1.807, 2.05) is 12.1 Å². The number of piperidine rings is 1. The predicted octanol–water partition coefficient (Wildman–Crippen LogP) is 3.82. The minimum absolute atomic E-state index is 0.184. The molecule has 0 aliphatic carbocycles. The third kappa shape index (κ3) is 3.54. The van der Waals surface area contributed by atoms with E-state index in [0.29, 0.717) is 16.6 Å². The molecule has 0 spiro atoms. The summed E-state index contributed by atoms with van der Waals surface area (Å²) in [5.74, 6) is -0.199. The van der Waals surface area contributed by atoms with Gasteiger partial charge >= 0.3 is 0 Å². The molecule has 4 nitrogen and oxygen atoms in total. The first kappa shape index (κ1) is 15.6. The maximum absolute atomic E-state index is 12.4. The molecule has 1 aromatic carbocycles. The van der Waals surface area contributed by atoms with Gasteiger partial charge in [-0.2, -0.15) is 0 Å². The standard InChI is InChI=1S/C16H17ClN2O2S/c17-13-6-4-12(5-7-13)10-14-15(20)19(16(21)22-14)11-18-8-2-1-3-9-18/h4-7,10H,1-3,8-9,11H2. The molecule has 2 aliphatic heterocycles. The van der Waals surface area contributed by atoms with Crippen molar-refractivity contribution in [1.82, 2.24) is 9.80 Å². The summed E-state index contributed by atoms with van der Waals surface area (Å²) in [5.41, 5.74) is 0.868. The van der Waals surface area contributed by atoms with Crippen molar-refractivity contribution in [3.8, 4) is 0 Å². The molecule has 2 fully saturated rings. The van der Waals surface area contributed by atoms with Gasteiger partial charge in [0.25, 0.3) is 11.1 Å². The number of imide groups is 1. The average Bonchev–Trinajstić information content (AvgIpc) is 2.78. The smallest absolute Gasteiger partial charge is 0.286 e. The summed E-state index contributed by atoms with van der Waals surface area (Å²) >= 11 is 6.86. The molecule has 0 radical (unpaired) electrons. The van der Waals surface area contributed by atoms with Gasteiger partial charge < -0.3 is 0 Å². The minimum atomic E-state index is -0.199. The van der Waals surface area contributed by atoms with Crippen molar-refractivity contribution >= 4 is 40.6 Å². The molecule has 0 N–H and O–H groups in total. The van der Waals surface area contributed by atoms with Crippen LogP contribution in [0, 0.1) is 0 Å². The molecule has 6 heteroatoms. The summed E-state index contributed by atoms with van der Waals surface area (Å²) in [5, 5.41) is 0.464. The van der Waals surface area contributed by atoms with E-state index >= 15 is 0 Å². The fourth-order valence-corrected chi connectivity index (χ4v) is 3.59. The van der Waals surface area contributed by atoms with Crippen LogP contribution in [0.25, 0.3) is 6.08 Å². The molecule has 2 aliphatic rings. The topological polar surface area (TPSA) is 40.6 Å². The zero-order valence-corrected chi connectivity index (χ0v) is 13.7. The summed E-state index contributed by atoms with van der Waals surface area (Å²) in [7, 11) is 0. The Hall–Kier alpha value is -1.30. The Morgan fingerprint density at radius 1 is 1.09 bits per heavy atom. The number of halogens is 1. The Morgan fingerprint density at radius 2 is 1.77 bits per heavy atom. The summed E-state index contributed by atoms with van der Waals surface area (Å²) in [4.78, 5) is 28.5. The van der Waals surface area contributed by atoms with Crippen LogP contribution in [0.1, 0.15) is 24.8 Å². The second kappa shape index (κ2) is 6.86. The summed E-state index contributed by atoms with van der Waals surface area (Å²) < 4.78 is 0. The fourth-order valence-electron chi connectivity index (χ4n) is 2.63. The average molecular weight is 337 g/mol. The molecule has 0 saturated carbocycles. The highest BCUT2D eigenvalue weighted by Gasteiger charge is 2.36. The Labute approximate surface area is 139 Å². The van der Waals surface area contributed by atoms with Crippen LogP contribution in [0.2, 0.25) is 5.02 Å². The number of carbonyl (C=O) groups is 2. The second-order valence-electron chi connectivity index (χ2n) is 5.48. The molecule has 22 heavy (non-hydrogen) atoms. The first-order valence-electron chi connectivity index (χ1n) is 7.37. The van der Waals surface area contributed by atoms with Crippen LogP contribution >= 0.6 is 23.4 Å². The predicted molar refractivity (Wildman–Crippen MR) is 89.6 cm³/mol. The van der Waals surface area contributed by atoms with Crippen molar-refractivity contribution in [1.29, 1.82) is 0 Å². The zero-order valence-electron chi connectivity index (χ0n) is 12.1. The van der Waals surface area contributed by atoms with Crippen LogP contribution in [-0.2, 0) is 4.79 Å². The van der Waals surface area contributed by atoms with Crippen molar-refractivity contribution in [2.75, 3.05) is 19.8 Å². The normalized spacial score (nSPS) is 21.9. The van der Waals surface area contributed by atoms with Crippen LogP contribution < -0.4 is 0 Å². The van der Waals surface area contributed by atoms with Gasteiger partial charge in [0.1, 0.15) is 0 Å². The molecular weight excluding hydrogens is 320 g/mol. The maximum Gasteiger partial charge on any atom is 0.294 e. The lowest BCUT2D eigenvalue weighted by molar-refractivity contribution is -0.124. The highest BCUT2D eigenvalue weighted by molar-refractivity contribution is 8.18. The Morgan fingerprint density at radius 3 is 2.45 bits per heavy atom. The largest absolute Gasteiger partial charge is 0.294 e. The lowest BCUT2D eigenvalue weighted by Crippen LogP contribution is -2.42. The number of nitrogens with zero attached hydrogens (tertiary/aromatic N) is 2. The Balaban J connectivity index is 1.71. The van der Waals surface area contributed by atoms with Crippen molar-refractivity contribution in [2.24, 2.45) is 0 Å². The van der Waals surface area contributed by atoms with E-state index in [9.17, 15) is 9.59 Å². The third-order valence-electron chi connectivity index (χ3n) is 3.83. The van der Waals surface area contributed by atoms with Crippen molar-refractivity contribution in [3.05, 3.63) is 39.8 Å². The molecule has 2 saturated heterocycles. The summed E-state index contributed by atoms with van der Waals surface area (Å²) in [6.45, 7) is 2.32. The minimum Gasteiger partial charge on any atom is -0.286 e. The number of rotatable bonds is 3. The maximum atomic E-state index is 12.4. The fraction of sp³-hybridized carbons (Fsp3) is 0.375. The van der Waals surface area contributed by atoms with Gasteiger partial charge in [0.2, 0.25) is 0 Å². The lowest BCUT2D eigenvalue weighted by atomic mass is 10.1. The molecule has 0 aromatic heterocycles. The van der Waals surface area contributed by atoms with E-state index in [2.05, 4.69) is 4.90 Å². The van der Waals surface area contributed by atoms with Gasteiger partial charge in [-0.1, -0.05) is 30.2 Å². The van der Waals surface area contributed by atoms with Crippen LogP contribution in [0.4, 0.5) is 4.79 Å². The Bertz CT molecular complexity index is 609. The third-order valence-corrected chi connectivity index (χ3v) is 4.99. The number of benzene rings is 1. The van der Waals surface area contributed by atoms with E-state index in [0.717, 1.165) is 43.3 Å². The van der Waals surface area contributed by atoms with Crippen LogP contribution in [0.3, 0.4) is 0 Å². The lowest BCUT2D eigenvalue weighted by Gasteiger charge is -2.29. The van der Waals surface area contributed by atoms with Gasteiger partial charge in [0, 0.05) is 5.02 Å². The monoisotopic (exact) mass is 336 g/mol. The SMILES string of the molecule is O=C1SC(=Cc2ccc(Cl)cc2)C(=O)N1CN1CCCCC1. The van der Waals surface area contributed by atoms with E-state index in [1.165, 1.54) is 11.3 Å². The van der Waals surface area contributed by atoms with E-state index in [1.54, 1.807) is 18.2 Å².